The van der Waals surface area contributed by atoms with Gasteiger partial charge >= 0.3 is 0 Å². The Morgan fingerprint density at radius 2 is 2.10 bits per heavy atom. The van der Waals surface area contributed by atoms with Gasteiger partial charge in [-0.2, -0.15) is 0 Å². The van der Waals surface area contributed by atoms with Crippen molar-refractivity contribution in [3.63, 3.8) is 0 Å². The van der Waals surface area contributed by atoms with Crippen molar-refractivity contribution in [2.75, 3.05) is 5.32 Å². The lowest BCUT2D eigenvalue weighted by Gasteiger charge is -2.18. The summed E-state index contributed by atoms with van der Waals surface area (Å²) in [5, 5.41) is 5.02. The predicted octanol–water partition coefficient (Wildman–Crippen LogP) is 3.50. The summed E-state index contributed by atoms with van der Waals surface area (Å²) in [6, 6.07) is 9.35. The molecule has 1 aliphatic heterocycles. The van der Waals surface area contributed by atoms with Gasteiger partial charge in [-0.3, -0.25) is 14.5 Å². The van der Waals surface area contributed by atoms with Crippen LogP contribution < -0.4 is 10.0 Å². The fourth-order valence-electron chi connectivity index (χ4n) is 3.08. The molecular weight excluding hydrogens is 424 g/mol. The summed E-state index contributed by atoms with van der Waals surface area (Å²) in [4.78, 5) is 22.1. The van der Waals surface area contributed by atoms with E-state index in [2.05, 4.69) is 20.0 Å². The van der Waals surface area contributed by atoms with Gasteiger partial charge in [-0.1, -0.05) is 32.4 Å². The van der Waals surface area contributed by atoms with Crippen molar-refractivity contribution in [2.45, 2.75) is 31.2 Å². The maximum atomic E-state index is 13.0. The minimum Gasteiger partial charge on any atom is -0.463 e. The van der Waals surface area contributed by atoms with E-state index in [9.17, 15) is 13.2 Å². The molecule has 0 spiro atoms. The van der Waals surface area contributed by atoms with Crippen LogP contribution in [0.1, 0.15) is 25.8 Å². The number of nitrogens with one attached hydrogen (secondary N) is 2. The number of anilines is 1. The molecule has 1 aliphatic rings. The number of furan rings is 1. The van der Waals surface area contributed by atoms with E-state index < -0.39 is 16.1 Å². The lowest BCUT2D eigenvalue weighted by molar-refractivity contribution is -0.118. The van der Waals surface area contributed by atoms with Gasteiger partial charge < -0.3 is 9.73 Å². The molecule has 1 aromatic carbocycles. The summed E-state index contributed by atoms with van der Waals surface area (Å²) < 4.78 is 32.5. The van der Waals surface area contributed by atoms with Gasteiger partial charge in [0.2, 0.25) is 0 Å². The zero-order chi connectivity index (χ0) is 21.3. The van der Waals surface area contributed by atoms with Crippen molar-refractivity contribution in [2.24, 2.45) is 10.9 Å². The molecule has 3 aromatic rings. The van der Waals surface area contributed by atoms with E-state index >= 15 is 0 Å². The van der Waals surface area contributed by atoms with Crippen LogP contribution in [0.3, 0.4) is 0 Å². The third kappa shape index (κ3) is 3.88. The van der Waals surface area contributed by atoms with Crippen LogP contribution in [0.2, 0.25) is 0 Å². The standard InChI is InChI=1S/C20H20N4O4S2/c1-3-12(2)17(22-18-13-7-4-5-9-16(13)30(26,27)24-18)19(25)23-20-21-14(11-29-20)15-8-6-10-28-15/h4-12,17H,3H2,1-2H3,(H,22,24)(H,21,23,25)/t12-,17-/m0/s1. The third-order valence-electron chi connectivity index (χ3n) is 4.89. The molecule has 10 heteroatoms. The van der Waals surface area contributed by atoms with Gasteiger partial charge in [0.15, 0.2) is 10.9 Å². The quantitative estimate of drug-likeness (QED) is 0.604. The van der Waals surface area contributed by atoms with E-state index in [-0.39, 0.29) is 22.6 Å². The van der Waals surface area contributed by atoms with Gasteiger partial charge in [-0.15, -0.1) is 11.3 Å². The number of fused-ring (bicyclic) bond motifs is 1. The number of amides is 1. The molecule has 156 valence electrons. The van der Waals surface area contributed by atoms with Crippen LogP contribution in [0.4, 0.5) is 5.13 Å². The van der Waals surface area contributed by atoms with Gasteiger partial charge in [-0.25, -0.2) is 13.4 Å². The number of carbonyl (C=O) groups is 1. The molecule has 0 radical (unpaired) electrons. The number of aromatic nitrogens is 1. The average Bonchev–Trinajstić information content (AvgIpc) is 3.46. The van der Waals surface area contributed by atoms with Gasteiger partial charge in [-0.05, 0) is 30.2 Å². The van der Waals surface area contributed by atoms with Crippen LogP contribution in [0.5, 0.6) is 0 Å². The summed E-state index contributed by atoms with van der Waals surface area (Å²) >= 11 is 1.28. The van der Waals surface area contributed by atoms with Crippen LogP contribution in [-0.4, -0.2) is 31.2 Å². The van der Waals surface area contributed by atoms with Crippen molar-refractivity contribution in [1.82, 2.24) is 9.71 Å². The zero-order valence-corrected chi connectivity index (χ0v) is 18.0. The fraction of sp³-hybridized carbons (Fsp3) is 0.250. The first-order valence-corrected chi connectivity index (χ1v) is 11.8. The molecule has 0 fully saturated rings. The summed E-state index contributed by atoms with van der Waals surface area (Å²) in [7, 11) is -3.67. The Hall–Kier alpha value is -2.98. The topological polar surface area (TPSA) is 114 Å². The summed E-state index contributed by atoms with van der Waals surface area (Å²) in [5.74, 6) is 0.337. The fourth-order valence-corrected chi connectivity index (χ4v) is 5.03. The van der Waals surface area contributed by atoms with Crippen LogP contribution in [-0.2, 0) is 14.8 Å². The second kappa shape index (κ2) is 8.04. The Kier molecular flexibility index (Phi) is 5.44. The van der Waals surface area contributed by atoms with Gasteiger partial charge in [0.1, 0.15) is 17.6 Å². The highest BCUT2D eigenvalue weighted by Crippen LogP contribution is 2.27. The second-order valence-corrected chi connectivity index (χ2v) is 9.42. The summed E-state index contributed by atoms with van der Waals surface area (Å²) in [6.07, 6.45) is 2.25. The molecule has 1 amide bonds. The normalized spacial score (nSPS) is 17.9. The number of sulfonamides is 1. The van der Waals surface area contributed by atoms with Gasteiger partial charge in [0, 0.05) is 10.9 Å². The number of carbonyl (C=O) groups excluding carboxylic acids is 1. The molecule has 4 rings (SSSR count). The molecule has 0 unspecified atom stereocenters. The minimum absolute atomic E-state index is 0.112. The van der Waals surface area contributed by atoms with E-state index in [0.717, 1.165) is 0 Å². The number of rotatable bonds is 6. The SMILES string of the molecule is CC[C@H](C)[C@H](N=C1NS(=O)(=O)c2ccccc21)C(=O)Nc1nc(-c2ccco2)cs1. The van der Waals surface area contributed by atoms with Crippen molar-refractivity contribution in [3.05, 3.63) is 53.6 Å². The smallest absolute Gasteiger partial charge is 0.263 e. The van der Waals surface area contributed by atoms with Crippen molar-refractivity contribution >= 4 is 38.2 Å². The first kappa shape index (κ1) is 20.3. The number of thiazole rings is 1. The highest BCUT2D eigenvalue weighted by atomic mass is 32.2. The number of hydrogen-bond acceptors (Lipinski definition) is 7. The predicted molar refractivity (Wildman–Crippen MR) is 115 cm³/mol. The van der Waals surface area contributed by atoms with Crippen LogP contribution in [0.15, 0.2) is 62.3 Å². The number of nitrogens with zero attached hydrogens (tertiary/aromatic N) is 2. The Morgan fingerprint density at radius 1 is 1.30 bits per heavy atom. The molecule has 3 heterocycles. The first-order valence-electron chi connectivity index (χ1n) is 9.39. The molecule has 8 nitrogen and oxygen atoms in total. The molecule has 30 heavy (non-hydrogen) atoms. The minimum atomic E-state index is -3.67. The van der Waals surface area contributed by atoms with E-state index in [4.69, 9.17) is 4.42 Å². The van der Waals surface area contributed by atoms with Gasteiger partial charge in [0.25, 0.3) is 15.9 Å². The third-order valence-corrected chi connectivity index (χ3v) is 7.05. The number of aliphatic imine (C=N–C) groups is 1. The molecule has 2 atom stereocenters. The highest BCUT2D eigenvalue weighted by molar-refractivity contribution is 7.90. The molecule has 0 saturated heterocycles. The number of hydrogen-bond donors (Lipinski definition) is 2. The second-order valence-electron chi connectivity index (χ2n) is 6.91. The van der Waals surface area contributed by atoms with Crippen LogP contribution in [0.25, 0.3) is 11.5 Å². The highest BCUT2D eigenvalue weighted by Gasteiger charge is 2.33. The average molecular weight is 445 g/mol. The Morgan fingerprint density at radius 3 is 2.83 bits per heavy atom. The lowest BCUT2D eigenvalue weighted by Crippen LogP contribution is -2.34. The van der Waals surface area contributed by atoms with Crippen LogP contribution >= 0.6 is 11.3 Å². The number of benzene rings is 1. The Balaban J connectivity index is 1.61. The number of amidine groups is 1. The Bertz CT molecular complexity index is 1200. The van der Waals surface area contributed by atoms with E-state index in [0.29, 0.717) is 28.6 Å². The van der Waals surface area contributed by atoms with Gasteiger partial charge in [0.05, 0.1) is 11.2 Å². The van der Waals surface area contributed by atoms with Crippen molar-refractivity contribution in [1.29, 1.82) is 0 Å². The molecule has 2 N–H and O–H groups in total. The molecule has 2 aromatic heterocycles. The maximum absolute atomic E-state index is 13.0. The molecular formula is C20H20N4O4S2. The maximum Gasteiger partial charge on any atom is 0.263 e. The molecule has 0 bridgehead atoms. The Labute approximate surface area is 178 Å². The molecule has 0 aliphatic carbocycles. The monoisotopic (exact) mass is 444 g/mol. The van der Waals surface area contributed by atoms with Crippen LogP contribution in [0, 0.1) is 5.92 Å². The first-order chi connectivity index (χ1) is 14.4. The van der Waals surface area contributed by atoms with Crippen molar-refractivity contribution in [3.8, 4) is 11.5 Å². The summed E-state index contributed by atoms with van der Waals surface area (Å²) in [6.45, 7) is 3.86. The lowest BCUT2D eigenvalue weighted by atomic mass is 9.99. The van der Waals surface area contributed by atoms with E-state index in [1.54, 1.807) is 42.0 Å². The zero-order valence-electron chi connectivity index (χ0n) is 16.3. The van der Waals surface area contributed by atoms with E-state index in [1.807, 2.05) is 13.8 Å². The summed E-state index contributed by atoms with van der Waals surface area (Å²) in [5.41, 5.74) is 1.09. The molecule has 0 saturated carbocycles. The largest absolute Gasteiger partial charge is 0.463 e. The van der Waals surface area contributed by atoms with Crippen molar-refractivity contribution < 1.29 is 17.6 Å². The van der Waals surface area contributed by atoms with E-state index in [1.165, 1.54) is 17.4 Å².